The highest BCUT2D eigenvalue weighted by Gasteiger charge is 2.23. The van der Waals surface area contributed by atoms with Gasteiger partial charge in [-0.1, -0.05) is 6.07 Å². The van der Waals surface area contributed by atoms with E-state index >= 15 is 0 Å². The molecule has 0 radical (unpaired) electrons. The average molecular weight is 237 g/mol. The predicted octanol–water partition coefficient (Wildman–Crippen LogP) is 1.67. The normalized spacial score (nSPS) is 23.9. The van der Waals surface area contributed by atoms with Gasteiger partial charge in [0.05, 0.1) is 13.2 Å². The summed E-state index contributed by atoms with van der Waals surface area (Å²) in [4.78, 5) is 0. The highest BCUT2D eigenvalue weighted by Crippen LogP contribution is 2.26. The van der Waals surface area contributed by atoms with Gasteiger partial charge < -0.3 is 19.9 Å². The number of benzene rings is 1. The zero-order valence-corrected chi connectivity index (χ0v) is 10.3. The minimum Gasteiger partial charge on any atom is -0.504 e. The van der Waals surface area contributed by atoms with E-state index in [1.807, 2.05) is 12.1 Å². The molecule has 0 spiro atoms. The van der Waals surface area contributed by atoms with Crippen molar-refractivity contribution in [3.05, 3.63) is 23.8 Å². The van der Waals surface area contributed by atoms with Crippen molar-refractivity contribution >= 4 is 0 Å². The quantitative estimate of drug-likeness (QED) is 0.836. The van der Waals surface area contributed by atoms with Crippen LogP contribution < -0.4 is 10.1 Å². The number of rotatable bonds is 4. The van der Waals surface area contributed by atoms with Crippen molar-refractivity contribution in [3.8, 4) is 11.5 Å². The fraction of sp³-hybridized carbons (Fsp3) is 0.538. The predicted molar refractivity (Wildman–Crippen MR) is 65.3 cm³/mol. The van der Waals surface area contributed by atoms with Crippen LogP contribution in [0.15, 0.2) is 18.2 Å². The van der Waals surface area contributed by atoms with Gasteiger partial charge >= 0.3 is 0 Å². The standard InChI is InChI=1S/C13H19NO3/c1-9-11(5-6-17-9)14-8-10-3-4-12(15)13(7-10)16-2/h3-4,7,9,11,14-15H,5-6,8H2,1-2H3. The van der Waals surface area contributed by atoms with Gasteiger partial charge in [-0.3, -0.25) is 0 Å². The van der Waals surface area contributed by atoms with Crippen LogP contribution in [0.2, 0.25) is 0 Å². The third kappa shape index (κ3) is 2.90. The number of phenols is 1. The molecule has 1 aromatic carbocycles. The van der Waals surface area contributed by atoms with Gasteiger partial charge in [-0.15, -0.1) is 0 Å². The molecule has 2 unspecified atom stereocenters. The van der Waals surface area contributed by atoms with Crippen LogP contribution in [0.3, 0.4) is 0 Å². The van der Waals surface area contributed by atoms with Crippen LogP contribution in [-0.2, 0) is 11.3 Å². The van der Waals surface area contributed by atoms with E-state index in [2.05, 4.69) is 12.2 Å². The van der Waals surface area contributed by atoms with Gasteiger partial charge in [-0.2, -0.15) is 0 Å². The van der Waals surface area contributed by atoms with Gasteiger partial charge in [0, 0.05) is 19.2 Å². The zero-order valence-electron chi connectivity index (χ0n) is 10.3. The second-order valence-corrected chi connectivity index (χ2v) is 4.36. The Hall–Kier alpha value is -1.26. The van der Waals surface area contributed by atoms with Crippen LogP contribution >= 0.6 is 0 Å². The number of ether oxygens (including phenoxy) is 2. The summed E-state index contributed by atoms with van der Waals surface area (Å²) >= 11 is 0. The Morgan fingerprint density at radius 3 is 3.00 bits per heavy atom. The SMILES string of the molecule is COc1cc(CNC2CCOC2C)ccc1O. The van der Waals surface area contributed by atoms with Crippen LogP contribution in [0.5, 0.6) is 11.5 Å². The van der Waals surface area contributed by atoms with Crippen molar-refractivity contribution in [2.24, 2.45) is 0 Å². The minimum absolute atomic E-state index is 0.175. The first kappa shape index (κ1) is 12.2. The maximum Gasteiger partial charge on any atom is 0.160 e. The van der Waals surface area contributed by atoms with Gasteiger partial charge in [0.25, 0.3) is 0 Å². The van der Waals surface area contributed by atoms with Gasteiger partial charge in [-0.05, 0) is 31.0 Å². The molecule has 2 rings (SSSR count). The molecule has 1 heterocycles. The van der Waals surface area contributed by atoms with Gasteiger partial charge in [0.1, 0.15) is 0 Å². The zero-order chi connectivity index (χ0) is 12.3. The molecule has 0 bridgehead atoms. The number of methoxy groups -OCH3 is 1. The smallest absolute Gasteiger partial charge is 0.160 e. The summed E-state index contributed by atoms with van der Waals surface area (Å²) in [5.41, 5.74) is 1.10. The Bertz CT molecular complexity index is 381. The third-order valence-corrected chi connectivity index (χ3v) is 3.19. The highest BCUT2D eigenvalue weighted by atomic mass is 16.5. The van der Waals surface area contributed by atoms with E-state index in [1.165, 1.54) is 0 Å². The fourth-order valence-corrected chi connectivity index (χ4v) is 2.08. The number of hydrogen-bond acceptors (Lipinski definition) is 4. The molecule has 2 atom stereocenters. The van der Waals surface area contributed by atoms with Gasteiger partial charge in [0.2, 0.25) is 0 Å². The first-order chi connectivity index (χ1) is 8.20. The van der Waals surface area contributed by atoms with E-state index < -0.39 is 0 Å². The van der Waals surface area contributed by atoms with E-state index in [1.54, 1.807) is 13.2 Å². The van der Waals surface area contributed by atoms with Gasteiger partial charge in [-0.25, -0.2) is 0 Å². The van der Waals surface area contributed by atoms with E-state index in [9.17, 15) is 5.11 Å². The van der Waals surface area contributed by atoms with Crippen molar-refractivity contribution < 1.29 is 14.6 Å². The molecule has 0 aliphatic carbocycles. The summed E-state index contributed by atoms with van der Waals surface area (Å²) in [6, 6.07) is 5.81. The summed E-state index contributed by atoms with van der Waals surface area (Å²) in [7, 11) is 1.55. The lowest BCUT2D eigenvalue weighted by Gasteiger charge is -2.16. The Balaban J connectivity index is 1.94. The van der Waals surface area contributed by atoms with Crippen molar-refractivity contribution in [2.45, 2.75) is 32.0 Å². The van der Waals surface area contributed by atoms with Crippen LogP contribution in [0.1, 0.15) is 18.9 Å². The molecule has 0 aromatic heterocycles. The topological polar surface area (TPSA) is 50.7 Å². The highest BCUT2D eigenvalue weighted by molar-refractivity contribution is 5.41. The molecule has 2 N–H and O–H groups in total. The maximum atomic E-state index is 9.49. The molecule has 0 amide bonds. The largest absolute Gasteiger partial charge is 0.504 e. The number of aromatic hydroxyl groups is 1. The summed E-state index contributed by atoms with van der Waals surface area (Å²) in [6.45, 7) is 3.68. The molecule has 1 aliphatic heterocycles. The summed E-state index contributed by atoms with van der Waals surface area (Å²) in [6.07, 6.45) is 1.32. The van der Waals surface area contributed by atoms with Crippen molar-refractivity contribution in [2.75, 3.05) is 13.7 Å². The lowest BCUT2D eigenvalue weighted by molar-refractivity contribution is 0.113. The first-order valence-corrected chi connectivity index (χ1v) is 5.91. The maximum absolute atomic E-state index is 9.49. The molecule has 1 aliphatic rings. The molecule has 1 fully saturated rings. The fourth-order valence-electron chi connectivity index (χ4n) is 2.08. The Morgan fingerprint density at radius 1 is 1.53 bits per heavy atom. The van der Waals surface area contributed by atoms with E-state index in [0.717, 1.165) is 25.1 Å². The Kier molecular flexibility index (Phi) is 3.86. The second-order valence-electron chi connectivity index (χ2n) is 4.36. The summed E-state index contributed by atoms with van der Waals surface area (Å²) in [5.74, 6) is 0.689. The molecular weight excluding hydrogens is 218 g/mol. The van der Waals surface area contributed by atoms with Crippen molar-refractivity contribution in [1.82, 2.24) is 5.32 Å². The molecule has 94 valence electrons. The average Bonchev–Trinajstić information content (AvgIpc) is 2.74. The van der Waals surface area contributed by atoms with Crippen LogP contribution in [-0.4, -0.2) is 31.0 Å². The third-order valence-electron chi connectivity index (χ3n) is 3.19. The molecule has 1 aromatic rings. The minimum atomic E-state index is 0.175. The summed E-state index contributed by atoms with van der Waals surface area (Å²) in [5, 5.41) is 12.9. The Morgan fingerprint density at radius 2 is 2.35 bits per heavy atom. The second kappa shape index (κ2) is 5.38. The van der Waals surface area contributed by atoms with E-state index in [0.29, 0.717) is 11.8 Å². The molecule has 17 heavy (non-hydrogen) atoms. The first-order valence-electron chi connectivity index (χ1n) is 5.91. The van der Waals surface area contributed by atoms with Crippen LogP contribution in [0, 0.1) is 0 Å². The van der Waals surface area contributed by atoms with Crippen LogP contribution in [0.25, 0.3) is 0 Å². The van der Waals surface area contributed by atoms with Crippen LogP contribution in [0.4, 0.5) is 0 Å². The van der Waals surface area contributed by atoms with E-state index in [-0.39, 0.29) is 11.9 Å². The summed E-state index contributed by atoms with van der Waals surface area (Å²) < 4.78 is 10.6. The molecule has 4 nitrogen and oxygen atoms in total. The molecule has 1 saturated heterocycles. The number of nitrogens with one attached hydrogen (secondary N) is 1. The monoisotopic (exact) mass is 237 g/mol. The van der Waals surface area contributed by atoms with E-state index in [4.69, 9.17) is 9.47 Å². The lowest BCUT2D eigenvalue weighted by Crippen LogP contribution is -2.34. The molecule has 4 heteroatoms. The molecular formula is C13H19NO3. The number of hydrogen-bond donors (Lipinski definition) is 2. The van der Waals surface area contributed by atoms with Crippen molar-refractivity contribution in [3.63, 3.8) is 0 Å². The van der Waals surface area contributed by atoms with Crippen molar-refractivity contribution in [1.29, 1.82) is 0 Å². The van der Waals surface area contributed by atoms with Gasteiger partial charge in [0.15, 0.2) is 11.5 Å². The Labute approximate surface area is 102 Å². The molecule has 0 saturated carbocycles. The lowest BCUT2D eigenvalue weighted by atomic mass is 10.1. The number of phenolic OH excluding ortho intramolecular Hbond substituents is 1.